The highest BCUT2D eigenvalue weighted by Crippen LogP contribution is 2.36. The van der Waals surface area contributed by atoms with Crippen molar-refractivity contribution in [3.63, 3.8) is 0 Å². The molecule has 9 heteroatoms. The van der Waals surface area contributed by atoms with Gasteiger partial charge in [-0.15, -0.1) is 0 Å². The number of nitrogens with zero attached hydrogens (tertiary/aromatic N) is 5. The second-order valence-electron chi connectivity index (χ2n) is 7.99. The Morgan fingerprint density at radius 1 is 1.23 bits per heavy atom. The van der Waals surface area contributed by atoms with E-state index in [1.807, 2.05) is 24.8 Å². The van der Waals surface area contributed by atoms with Crippen molar-refractivity contribution in [2.24, 2.45) is 0 Å². The molecule has 2 fully saturated rings. The van der Waals surface area contributed by atoms with Crippen molar-refractivity contribution in [3.05, 3.63) is 42.1 Å². The predicted molar refractivity (Wildman–Crippen MR) is 108 cm³/mol. The summed E-state index contributed by atoms with van der Waals surface area (Å²) in [6, 6.07) is 3.28. The molecule has 30 heavy (non-hydrogen) atoms. The van der Waals surface area contributed by atoms with Gasteiger partial charge in [0.1, 0.15) is 12.1 Å². The second-order valence-corrected chi connectivity index (χ2v) is 7.99. The van der Waals surface area contributed by atoms with Crippen LogP contribution >= 0.6 is 0 Å². The van der Waals surface area contributed by atoms with Crippen LogP contribution in [0, 0.1) is 5.82 Å². The molecule has 2 amide bonds. The summed E-state index contributed by atoms with van der Waals surface area (Å²) in [5.74, 6) is 0.0694. The van der Waals surface area contributed by atoms with Gasteiger partial charge in [0.25, 0.3) is 0 Å². The Balaban J connectivity index is 1.59. The highest BCUT2D eigenvalue weighted by atomic mass is 19.1. The van der Waals surface area contributed by atoms with Crippen molar-refractivity contribution in [1.82, 2.24) is 29.9 Å². The molecule has 2 saturated heterocycles. The first-order chi connectivity index (χ1) is 14.5. The number of hydrogen-bond donors (Lipinski definition) is 1. The van der Waals surface area contributed by atoms with E-state index in [-0.39, 0.29) is 24.4 Å². The minimum Gasteiger partial charge on any atom is -0.326 e. The van der Waals surface area contributed by atoms with Crippen LogP contribution in [0.15, 0.2) is 30.7 Å². The number of nitrogens with one attached hydrogen (secondary N) is 1. The summed E-state index contributed by atoms with van der Waals surface area (Å²) in [5.41, 5.74) is 0.0608. The lowest BCUT2D eigenvalue weighted by Gasteiger charge is -2.52. The Hall–Kier alpha value is -2.81. The zero-order valence-electron chi connectivity index (χ0n) is 17.3. The van der Waals surface area contributed by atoms with E-state index in [0.29, 0.717) is 25.2 Å². The number of piperidine rings is 1. The third-order valence-electron chi connectivity index (χ3n) is 6.17. The third kappa shape index (κ3) is 3.47. The summed E-state index contributed by atoms with van der Waals surface area (Å²) in [6.45, 7) is 6.06. The molecule has 0 aliphatic carbocycles. The molecule has 2 aliphatic rings. The fraction of sp³-hybridized carbons (Fsp3) is 0.524. The number of rotatable bonds is 5. The summed E-state index contributed by atoms with van der Waals surface area (Å²) < 4.78 is 14.6. The number of pyridine rings is 1. The molecule has 8 nitrogen and oxygen atoms in total. The molecule has 4 rings (SSSR count). The van der Waals surface area contributed by atoms with Crippen molar-refractivity contribution < 1.29 is 14.0 Å². The third-order valence-corrected chi connectivity index (χ3v) is 6.17. The lowest BCUT2D eigenvalue weighted by atomic mass is 9.82. The summed E-state index contributed by atoms with van der Waals surface area (Å²) >= 11 is 0. The van der Waals surface area contributed by atoms with Crippen LogP contribution in [0.1, 0.15) is 44.7 Å². The minimum absolute atomic E-state index is 0.00166. The maximum absolute atomic E-state index is 13.7. The van der Waals surface area contributed by atoms with E-state index in [4.69, 9.17) is 0 Å². The highest BCUT2D eigenvalue weighted by molar-refractivity contribution is 5.98. The summed E-state index contributed by atoms with van der Waals surface area (Å²) in [4.78, 5) is 34.6. The van der Waals surface area contributed by atoms with Gasteiger partial charge in [-0.2, -0.15) is 5.10 Å². The normalized spacial score (nSPS) is 20.1. The molecule has 4 heterocycles. The van der Waals surface area contributed by atoms with Gasteiger partial charge in [-0.25, -0.2) is 14.1 Å². The van der Waals surface area contributed by atoms with E-state index >= 15 is 0 Å². The lowest BCUT2D eigenvalue weighted by molar-refractivity contribution is -0.169. The van der Waals surface area contributed by atoms with Crippen LogP contribution in [0.2, 0.25) is 0 Å². The van der Waals surface area contributed by atoms with Crippen LogP contribution in [0.5, 0.6) is 0 Å². The van der Waals surface area contributed by atoms with E-state index in [2.05, 4.69) is 15.4 Å². The number of amides is 2. The fourth-order valence-electron chi connectivity index (χ4n) is 4.51. The van der Waals surface area contributed by atoms with Gasteiger partial charge in [0.15, 0.2) is 11.6 Å². The van der Waals surface area contributed by atoms with E-state index in [1.165, 1.54) is 10.9 Å². The second kappa shape index (κ2) is 8.14. The average molecular weight is 414 g/mol. The van der Waals surface area contributed by atoms with Crippen molar-refractivity contribution in [2.75, 3.05) is 26.2 Å². The molecule has 160 valence electrons. The van der Waals surface area contributed by atoms with Gasteiger partial charge in [-0.3, -0.25) is 9.59 Å². The first-order valence-electron chi connectivity index (χ1n) is 10.4. The zero-order chi connectivity index (χ0) is 21.3. The molecular formula is C21H27FN6O2. The first kappa shape index (κ1) is 20.5. The zero-order valence-corrected chi connectivity index (χ0v) is 17.3. The quantitative estimate of drug-likeness (QED) is 0.805. The van der Waals surface area contributed by atoms with E-state index < -0.39 is 11.4 Å². The molecule has 0 bridgehead atoms. The predicted octanol–water partition coefficient (Wildman–Crippen LogP) is 1.67. The minimum atomic E-state index is -0.759. The fourth-order valence-corrected chi connectivity index (χ4v) is 4.51. The Bertz CT molecular complexity index is 922. The van der Waals surface area contributed by atoms with E-state index in [0.717, 1.165) is 31.3 Å². The Kier molecular flexibility index (Phi) is 5.55. The maximum atomic E-state index is 13.7. The van der Waals surface area contributed by atoms with Gasteiger partial charge >= 0.3 is 0 Å². The SMILES string of the molecule is CCCN1C(=O)CN(C(C)c2ccc(-n3cc(F)cn3)nc2)C(=O)C12CCNCC2. The molecule has 2 aromatic rings. The molecule has 0 radical (unpaired) electrons. The average Bonchev–Trinajstić information content (AvgIpc) is 3.20. The van der Waals surface area contributed by atoms with Gasteiger partial charge < -0.3 is 15.1 Å². The van der Waals surface area contributed by atoms with E-state index in [9.17, 15) is 14.0 Å². The molecule has 1 unspecified atom stereocenters. The first-order valence-corrected chi connectivity index (χ1v) is 10.4. The molecule has 1 N–H and O–H groups in total. The highest BCUT2D eigenvalue weighted by Gasteiger charge is 2.53. The van der Waals surface area contributed by atoms with Crippen LogP contribution < -0.4 is 5.32 Å². The smallest absolute Gasteiger partial charge is 0.249 e. The van der Waals surface area contributed by atoms with E-state index in [1.54, 1.807) is 17.2 Å². The van der Waals surface area contributed by atoms with Gasteiger partial charge in [-0.05, 0) is 50.9 Å². The van der Waals surface area contributed by atoms with Crippen molar-refractivity contribution in [3.8, 4) is 5.82 Å². The Morgan fingerprint density at radius 3 is 2.60 bits per heavy atom. The monoisotopic (exact) mass is 414 g/mol. The van der Waals surface area contributed by atoms with Crippen molar-refractivity contribution >= 4 is 11.8 Å². The van der Waals surface area contributed by atoms with Crippen LogP contribution in [0.4, 0.5) is 4.39 Å². The number of aromatic nitrogens is 3. The lowest BCUT2D eigenvalue weighted by Crippen LogP contribution is -2.70. The largest absolute Gasteiger partial charge is 0.326 e. The molecule has 2 aliphatic heterocycles. The summed E-state index contributed by atoms with van der Waals surface area (Å²) in [7, 11) is 0. The number of carbonyl (C=O) groups excluding carboxylic acids is 2. The van der Waals surface area contributed by atoms with Crippen LogP contribution in [0.3, 0.4) is 0 Å². The van der Waals surface area contributed by atoms with Crippen molar-refractivity contribution in [1.29, 1.82) is 0 Å². The summed E-state index contributed by atoms with van der Waals surface area (Å²) in [6.07, 6.45) is 6.11. The van der Waals surface area contributed by atoms with Gasteiger partial charge in [-0.1, -0.05) is 13.0 Å². The maximum Gasteiger partial charge on any atom is 0.249 e. The molecule has 1 atom stereocenters. The molecule has 2 aromatic heterocycles. The Labute approximate surface area is 175 Å². The standard InChI is InChI=1S/C21H27FN6O2/c1-3-10-27-19(29)14-26(20(30)21(27)6-8-23-9-7-21)15(2)16-4-5-18(24-11-16)28-13-17(22)12-25-28/h4-5,11-13,15,23H,3,6-10,14H2,1-2H3. The molecular weight excluding hydrogens is 387 g/mol. The van der Waals surface area contributed by atoms with Gasteiger partial charge in [0, 0.05) is 12.7 Å². The molecule has 1 spiro atoms. The number of hydrogen-bond acceptors (Lipinski definition) is 5. The van der Waals surface area contributed by atoms with Gasteiger partial charge in [0.05, 0.1) is 18.4 Å². The van der Waals surface area contributed by atoms with Gasteiger partial charge in [0.2, 0.25) is 11.8 Å². The molecule has 0 saturated carbocycles. The molecule has 0 aromatic carbocycles. The topological polar surface area (TPSA) is 83.4 Å². The van der Waals surface area contributed by atoms with Crippen LogP contribution in [-0.2, 0) is 9.59 Å². The number of carbonyl (C=O) groups is 2. The number of piperazine rings is 1. The van der Waals surface area contributed by atoms with Crippen LogP contribution in [-0.4, -0.2) is 68.1 Å². The number of halogens is 1. The van der Waals surface area contributed by atoms with Crippen LogP contribution in [0.25, 0.3) is 5.82 Å². The van der Waals surface area contributed by atoms with Crippen molar-refractivity contribution in [2.45, 2.75) is 44.7 Å². The Morgan fingerprint density at radius 2 is 2.00 bits per heavy atom. The summed E-state index contributed by atoms with van der Waals surface area (Å²) in [5, 5.41) is 7.21.